The maximum atomic E-state index is 6.46. The third-order valence-electron chi connectivity index (χ3n) is 4.46. The normalized spacial score (nSPS) is 20.4. The van der Waals surface area contributed by atoms with E-state index in [0.717, 1.165) is 5.17 Å². The van der Waals surface area contributed by atoms with Crippen LogP contribution in [0.15, 0.2) is 35.3 Å². The number of aryl methyl sites for hydroxylation is 1. The Balaban J connectivity index is 1.92. The summed E-state index contributed by atoms with van der Waals surface area (Å²) in [5, 5.41) is 3.93. The van der Waals surface area contributed by atoms with Gasteiger partial charge in [0.15, 0.2) is 5.17 Å². The standard InChI is InChI=1S/C17H19N3S2/c1-21-17-19-16-14(12-9-5-6-10-13(12)22-16)15(20(17)18)11-7-3-2-4-8-11/h2-4,7-8,15H,5-6,9-10,18H2,1H3/t15-/m1/s1. The predicted octanol–water partition coefficient (Wildman–Crippen LogP) is 4.26. The van der Waals surface area contributed by atoms with Crippen molar-refractivity contribution in [2.45, 2.75) is 31.7 Å². The molecule has 0 unspecified atom stereocenters. The molecule has 0 fully saturated rings. The van der Waals surface area contributed by atoms with Crippen molar-refractivity contribution in [1.82, 2.24) is 5.01 Å². The molecular formula is C17H19N3S2. The maximum absolute atomic E-state index is 6.46. The molecule has 2 N–H and O–H groups in total. The molecule has 0 amide bonds. The second-order valence-electron chi connectivity index (χ2n) is 5.75. The quantitative estimate of drug-likeness (QED) is 0.795. The highest BCUT2D eigenvalue weighted by atomic mass is 32.2. The fourth-order valence-electron chi connectivity index (χ4n) is 3.45. The number of nitrogens with zero attached hydrogens (tertiary/aromatic N) is 2. The Labute approximate surface area is 139 Å². The van der Waals surface area contributed by atoms with Gasteiger partial charge < -0.3 is 0 Å². The van der Waals surface area contributed by atoms with Crippen molar-refractivity contribution in [1.29, 1.82) is 0 Å². The zero-order valence-electron chi connectivity index (χ0n) is 12.6. The van der Waals surface area contributed by atoms with Crippen molar-refractivity contribution in [2.24, 2.45) is 10.8 Å². The van der Waals surface area contributed by atoms with E-state index in [9.17, 15) is 0 Å². The Morgan fingerprint density at radius 1 is 1.23 bits per heavy atom. The van der Waals surface area contributed by atoms with Crippen LogP contribution in [0.3, 0.4) is 0 Å². The molecule has 0 bridgehead atoms. The lowest BCUT2D eigenvalue weighted by Crippen LogP contribution is -2.41. The van der Waals surface area contributed by atoms with Crippen molar-refractivity contribution in [3.63, 3.8) is 0 Å². The number of thioether (sulfide) groups is 1. The van der Waals surface area contributed by atoms with E-state index in [1.54, 1.807) is 11.8 Å². The molecular weight excluding hydrogens is 310 g/mol. The molecule has 0 saturated carbocycles. The van der Waals surface area contributed by atoms with Gasteiger partial charge in [0.05, 0.1) is 0 Å². The molecule has 5 heteroatoms. The first-order chi connectivity index (χ1) is 10.8. The molecule has 3 nitrogen and oxygen atoms in total. The van der Waals surface area contributed by atoms with E-state index in [4.69, 9.17) is 10.8 Å². The fourth-order valence-corrected chi connectivity index (χ4v) is 5.30. The molecule has 2 heterocycles. The highest BCUT2D eigenvalue weighted by molar-refractivity contribution is 8.13. The Morgan fingerprint density at radius 3 is 2.77 bits per heavy atom. The molecule has 1 aliphatic carbocycles. The molecule has 1 aliphatic heterocycles. The van der Waals surface area contributed by atoms with Crippen LogP contribution in [0.1, 0.15) is 40.5 Å². The van der Waals surface area contributed by atoms with Gasteiger partial charge in [0, 0.05) is 10.4 Å². The van der Waals surface area contributed by atoms with Gasteiger partial charge in [-0.2, -0.15) is 0 Å². The highest BCUT2D eigenvalue weighted by Crippen LogP contribution is 2.49. The molecule has 114 valence electrons. The minimum atomic E-state index is 0.0919. The third kappa shape index (κ3) is 2.19. The molecule has 4 rings (SSSR count). The smallest absolute Gasteiger partial charge is 0.180 e. The Hall–Kier alpha value is -1.30. The minimum Gasteiger partial charge on any atom is -0.277 e. The number of hydrogen-bond donors (Lipinski definition) is 1. The van der Waals surface area contributed by atoms with Crippen molar-refractivity contribution in [2.75, 3.05) is 6.26 Å². The first kappa shape index (κ1) is 14.3. The first-order valence-electron chi connectivity index (χ1n) is 7.65. The van der Waals surface area contributed by atoms with Crippen LogP contribution in [0.2, 0.25) is 0 Å². The predicted molar refractivity (Wildman–Crippen MR) is 95.9 cm³/mol. The van der Waals surface area contributed by atoms with Crippen LogP contribution in [0, 0.1) is 0 Å². The van der Waals surface area contributed by atoms with Crippen LogP contribution in [0.4, 0.5) is 5.00 Å². The Morgan fingerprint density at radius 2 is 2.00 bits per heavy atom. The zero-order chi connectivity index (χ0) is 15.1. The molecule has 1 aromatic heterocycles. The van der Waals surface area contributed by atoms with Gasteiger partial charge in [-0.05, 0) is 43.1 Å². The van der Waals surface area contributed by atoms with Crippen LogP contribution in [0.25, 0.3) is 0 Å². The molecule has 22 heavy (non-hydrogen) atoms. The lowest BCUT2D eigenvalue weighted by Gasteiger charge is -2.34. The highest BCUT2D eigenvalue weighted by Gasteiger charge is 2.35. The van der Waals surface area contributed by atoms with E-state index < -0.39 is 0 Å². The summed E-state index contributed by atoms with van der Waals surface area (Å²) in [5.41, 5.74) is 4.12. The van der Waals surface area contributed by atoms with Gasteiger partial charge in [-0.15, -0.1) is 11.3 Å². The van der Waals surface area contributed by atoms with Crippen LogP contribution in [-0.4, -0.2) is 16.4 Å². The number of hydrogen-bond acceptors (Lipinski definition) is 5. The number of amidine groups is 1. The number of hydrazine groups is 1. The van der Waals surface area contributed by atoms with Crippen LogP contribution >= 0.6 is 23.1 Å². The Bertz CT molecular complexity index is 721. The van der Waals surface area contributed by atoms with Gasteiger partial charge in [0.25, 0.3) is 0 Å². The van der Waals surface area contributed by atoms with E-state index in [0.29, 0.717) is 0 Å². The molecule has 0 spiro atoms. The summed E-state index contributed by atoms with van der Waals surface area (Å²) in [5.74, 6) is 6.46. The lowest BCUT2D eigenvalue weighted by molar-refractivity contribution is 0.372. The zero-order valence-corrected chi connectivity index (χ0v) is 14.2. The molecule has 1 aromatic carbocycles. The van der Waals surface area contributed by atoms with Crippen molar-refractivity contribution in [3.8, 4) is 0 Å². The third-order valence-corrected chi connectivity index (χ3v) is 6.33. The molecule has 2 aromatic rings. The largest absolute Gasteiger partial charge is 0.277 e. The van der Waals surface area contributed by atoms with E-state index in [1.165, 1.54) is 52.3 Å². The SMILES string of the molecule is CSC1=Nc2sc3c(c2[C@@H](c2ccccc2)N1N)CCCC3. The number of thiophene rings is 1. The summed E-state index contributed by atoms with van der Waals surface area (Å²) in [6.07, 6.45) is 6.99. The van der Waals surface area contributed by atoms with E-state index >= 15 is 0 Å². The minimum absolute atomic E-state index is 0.0919. The summed E-state index contributed by atoms with van der Waals surface area (Å²) < 4.78 is 0. The number of nitrogens with two attached hydrogens (primary N) is 1. The van der Waals surface area contributed by atoms with Gasteiger partial charge in [-0.25, -0.2) is 10.8 Å². The summed E-state index contributed by atoms with van der Waals surface area (Å²) in [6.45, 7) is 0. The number of benzene rings is 1. The summed E-state index contributed by atoms with van der Waals surface area (Å²) in [4.78, 5) is 6.35. The molecule has 1 atom stereocenters. The van der Waals surface area contributed by atoms with Gasteiger partial charge in [-0.3, -0.25) is 5.01 Å². The van der Waals surface area contributed by atoms with E-state index in [2.05, 4.69) is 30.3 Å². The van der Waals surface area contributed by atoms with Gasteiger partial charge in [0.2, 0.25) is 0 Å². The van der Waals surface area contributed by atoms with E-state index in [-0.39, 0.29) is 6.04 Å². The Kier molecular flexibility index (Phi) is 3.72. The van der Waals surface area contributed by atoms with Crippen molar-refractivity contribution >= 4 is 33.3 Å². The van der Waals surface area contributed by atoms with Gasteiger partial charge >= 0.3 is 0 Å². The summed E-state index contributed by atoms with van der Waals surface area (Å²) in [6, 6.07) is 10.7. The maximum Gasteiger partial charge on any atom is 0.180 e. The summed E-state index contributed by atoms with van der Waals surface area (Å²) in [7, 11) is 0. The first-order valence-corrected chi connectivity index (χ1v) is 9.69. The average Bonchev–Trinajstić information content (AvgIpc) is 2.93. The molecule has 0 saturated heterocycles. The van der Waals surface area contributed by atoms with Crippen LogP contribution in [-0.2, 0) is 12.8 Å². The lowest BCUT2D eigenvalue weighted by atomic mass is 9.89. The molecule has 2 aliphatic rings. The second-order valence-corrected chi connectivity index (χ2v) is 7.61. The van der Waals surface area contributed by atoms with Crippen molar-refractivity contribution in [3.05, 3.63) is 51.9 Å². The van der Waals surface area contributed by atoms with Crippen LogP contribution < -0.4 is 5.84 Å². The second kappa shape index (κ2) is 5.72. The molecule has 0 radical (unpaired) electrons. The topological polar surface area (TPSA) is 41.6 Å². The fraction of sp³-hybridized carbons (Fsp3) is 0.353. The van der Waals surface area contributed by atoms with Gasteiger partial charge in [-0.1, -0.05) is 42.1 Å². The average molecular weight is 329 g/mol. The van der Waals surface area contributed by atoms with E-state index in [1.807, 2.05) is 22.6 Å². The monoisotopic (exact) mass is 329 g/mol. The van der Waals surface area contributed by atoms with Crippen LogP contribution in [0.5, 0.6) is 0 Å². The van der Waals surface area contributed by atoms with Crippen molar-refractivity contribution < 1.29 is 0 Å². The number of rotatable bonds is 1. The number of fused-ring (bicyclic) bond motifs is 3. The summed E-state index contributed by atoms with van der Waals surface area (Å²) >= 11 is 3.49. The van der Waals surface area contributed by atoms with Gasteiger partial charge in [0.1, 0.15) is 11.0 Å². The number of aliphatic imine (C=N–C) groups is 1.